The Bertz CT molecular complexity index is 266. The molecular formula is C16H37N3O2. The van der Waals surface area contributed by atoms with Gasteiger partial charge in [0, 0.05) is 18.8 Å². The second kappa shape index (κ2) is 12.0. The van der Waals surface area contributed by atoms with Gasteiger partial charge in [0.05, 0.1) is 13.2 Å². The van der Waals surface area contributed by atoms with Crippen LogP contribution in [0, 0.1) is 0 Å². The number of hydrogen-bond acceptors (Lipinski definition) is 5. The largest absolute Gasteiger partial charge is 0.465 e. The molecule has 1 unspecified atom stereocenters. The van der Waals surface area contributed by atoms with Gasteiger partial charge in [0.1, 0.15) is 0 Å². The van der Waals surface area contributed by atoms with Gasteiger partial charge < -0.3 is 10.1 Å². The Balaban J connectivity index is 0. The summed E-state index contributed by atoms with van der Waals surface area (Å²) in [7, 11) is 0. The number of carbonyl (C=O) groups is 1. The first-order valence-corrected chi connectivity index (χ1v) is 7.44. The quantitative estimate of drug-likeness (QED) is 0.389. The van der Waals surface area contributed by atoms with Crippen molar-refractivity contribution in [1.82, 2.24) is 15.5 Å². The molecule has 0 bridgehead atoms. The first-order chi connectivity index (χ1) is 9.12. The van der Waals surface area contributed by atoms with E-state index in [1.807, 2.05) is 0 Å². The van der Waals surface area contributed by atoms with Crippen LogP contribution in [0.3, 0.4) is 0 Å². The summed E-state index contributed by atoms with van der Waals surface area (Å²) >= 11 is 0. The molecule has 0 aromatic carbocycles. The van der Waals surface area contributed by atoms with Crippen molar-refractivity contribution < 1.29 is 9.53 Å². The molecule has 5 nitrogen and oxygen atoms in total. The first kappa shape index (κ1) is 22.6. The molecular weight excluding hydrogens is 266 g/mol. The van der Waals surface area contributed by atoms with E-state index in [-0.39, 0.29) is 26.4 Å². The smallest absolute Gasteiger partial charge is 0.319 e. The Labute approximate surface area is 131 Å². The van der Waals surface area contributed by atoms with E-state index in [0.717, 1.165) is 45.6 Å². The van der Waals surface area contributed by atoms with Gasteiger partial charge in [-0.1, -0.05) is 35.1 Å². The van der Waals surface area contributed by atoms with Gasteiger partial charge in [-0.25, -0.2) is 0 Å². The molecule has 128 valence electrons. The number of unbranched alkanes of at least 4 members (excludes halogenated alkanes) is 1. The van der Waals surface area contributed by atoms with E-state index < -0.39 is 0 Å². The highest BCUT2D eigenvalue weighted by atomic mass is 16.5. The van der Waals surface area contributed by atoms with Crippen LogP contribution in [-0.2, 0) is 9.53 Å². The van der Waals surface area contributed by atoms with E-state index in [1.165, 1.54) is 0 Å². The molecule has 0 amide bonds. The molecule has 21 heavy (non-hydrogen) atoms. The number of hydrogen-bond donors (Lipinski definition) is 2. The van der Waals surface area contributed by atoms with E-state index in [9.17, 15) is 4.79 Å². The van der Waals surface area contributed by atoms with Crippen molar-refractivity contribution in [2.24, 2.45) is 0 Å². The summed E-state index contributed by atoms with van der Waals surface area (Å²) in [5, 5.41) is 6.59. The molecule has 1 saturated heterocycles. The maximum atomic E-state index is 11.5. The molecule has 1 heterocycles. The van der Waals surface area contributed by atoms with Gasteiger partial charge in [-0.15, -0.1) is 0 Å². The molecule has 5 heteroatoms. The van der Waals surface area contributed by atoms with Crippen molar-refractivity contribution in [3.05, 3.63) is 0 Å². The molecule has 1 aliphatic heterocycles. The van der Waals surface area contributed by atoms with Crippen LogP contribution in [0.2, 0.25) is 0 Å². The summed E-state index contributed by atoms with van der Waals surface area (Å²) in [5.41, 5.74) is 0.202. The zero-order valence-electron chi connectivity index (χ0n) is 12.6. The normalized spacial score (nSPS) is 20.8. The highest BCUT2D eigenvalue weighted by Crippen LogP contribution is 2.21. The summed E-state index contributed by atoms with van der Waals surface area (Å²) in [6.45, 7) is 11.2. The molecule has 1 aliphatic rings. The van der Waals surface area contributed by atoms with Crippen LogP contribution in [0.1, 0.15) is 54.9 Å². The number of ether oxygens (including phenoxy) is 1. The van der Waals surface area contributed by atoms with Crippen molar-refractivity contribution in [3.63, 3.8) is 0 Å². The molecule has 0 saturated carbocycles. The van der Waals surface area contributed by atoms with Gasteiger partial charge in [0.2, 0.25) is 0 Å². The lowest BCUT2D eigenvalue weighted by atomic mass is 9.99. The Kier molecular flexibility index (Phi) is 12.9. The Morgan fingerprint density at radius 3 is 2.62 bits per heavy atom. The maximum Gasteiger partial charge on any atom is 0.319 e. The van der Waals surface area contributed by atoms with E-state index in [2.05, 4.69) is 36.3 Å². The standard InChI is InChI=1S/C14H29N3O2.2CH4/c1-4-6-9-19-13(18)10-16-12-17(5-2)14(3)7-8-15-11-14;;/h15-16H,4-12H2,1-3H3;2*1H4. The number of nitrogens with one attached hydrogen (secondary N) is 2. The summed E-state index contributed by atoms with van der Waals surface area (Å²) in [6, 6.07) is 0. The predicted molar refractivity (Wildman–Crippen MR) is 90.5 cm³/mol. The van der Waals surface area contributed by atoms with Crippen LogP contribution in [0.5, 0.6) is 0 Å². The minimum Gasteiger partial charge on any atom is -0.465 e. The molecule has 0 aliphatic carbocycles. The molecule has 0 aromatic rings. The fraction of sp³-hybridized carbons (Fsp3) is 0.938. The van der Waals surface area contributed by atoms with E-state index in [1.54, 1.807) is 0 Å². The van der Waals surface area contributed by atoms with E-state index in [0.29, 0.717) is 13.2 Å². The molecule has 1 rings (SSSR count). The van der Waals surface area contributed by atoms with Gasteiger partial charge in [0.25, 0.3) is 0 Å². The molecule has 0 spiro atoms. The van der Waals surface area contributed by atoms with E-state index in [4.69, 9.17) is 4.74 Å². The second-order valence-electron chi connectivity index (χ2n) is 5.44. The monoisotopic (exact) mass is 303 g/mol. The fourth-order valence-corrected chi connectivity index (χ4v) is 2.43. The minimum atomic E-state index is -0.154. The SMILES string of the molecule is C.C.CCCCOC(=O)CNCN(CC)C1(C)CCNC1. The van der Waals surface area contributed by atoms with Crippen molar-refractivity contribution in [3.8, 4) is 0 Å². The summed E-state index contributed by atoms with van der Waals surface area (Å²) in [5.74, 6) is -0.154. The van der Waals surface area contributed by atoms with E-state index >= 15 is 0 Å². The van der Waals surface area contributed by atoms with Crippen molar-refractivity contribution in [2.75, 3.05) is 39.5 Å². The highest BCUT2D eigenvalue weighted by Gasteiger charge is 2.33. The number of likely N-dealkylation sites (N-methyl/N-ethyl adjacent to an activating group) is 1. The summed E-state index contributed by atoms with van der Waals surface area (Å²) < 4.78 is 5.12. The zero-order valence-corrected chi connectivity index (χ0v) is 12.6. The average Bonchev–Trinajstić information content (AvgIpc) is 2.83. The number of carbonyl (C=O) groups excluding carboxylic acids is 1. The van der Waals surface area contributed by atoms with Gasteiger partial charge in [-0.2, -0.15) is 0 Å². The van der Waals surface area contributed by atoms with Crippen LogP contribution in [0.15, 0.2) is 0 Å². The first-order valence-electron chi connectivity index (χ1n) is 7.44. The van der Waals surface area contributed by atoms with Crippen LogP contribution < -0.4 is 10.6 Å². The second-order valence-corrected chi connectivity index (χ2v) is 5.44. The molecule has 1 atom stereocenters. The third kappa shape index (κ3) is 7.79. The van der Waals surface area contributed by atoms with Crippen LogP contribution in [0.25, 0.3) is 0 Å². The Morgan fingerprint density at radius 1 is 1.38 bits per heavy atom. The number of rotatable bonds is 9. The van der Waals surface area contributed by atoms with Crippen LogP contribution in [0.4, 0.5) is 0 Å². The van der Waals surface area contributed by atoms with Gasteiger partial charge in [-0.3, -0.25) is 15.0 Å². The molecule has 0 aromatic heterocycles. The number of nitrogens with zero attached hydrogens (tertiary/aromatic N) is 1. The third-order valence-electron chi connectivity index (χ3n) is 3.82. The highest BCUT2D eigenvalue weighted by molar-refractivity contribution is 5.71. The van der Waals surface area contributed by atoms with Crippen molar-refractivity contribution in [1.29, 1.82) is 0 Å². The zero-order chi connectivity index (χ0) is 14.1. The van der Waals surface area contributed by atoms with Crippen molar-refractivity contribution >= 4 is 5.97 Å². The Hall–Kier alpha value is -0.650. The lowest BCUT2D eigenvalue weighted by Gasteiger charge is -2.37. The lowest BCUT2D eigenvalue weighted by Crippen LogP contribution is -2.52. The minimum absolute atomic E-state index is 0. The maximum absolute atomic E-state index is 11.5. The van der Waals surface area contributed by atoms with Gasteiger partial charge in [-0.05, 0) is 32.9 Å². The van der Waals surface area contributed by atoms with Crippen LogP contribution in [-0.4, -0.2) is 55.9 Å². The van der Waals surface area contributed by atoms with Gasteiger partial charge in [0.15, 0.2) is 0 Å². The van der Waals surface area contributed by atoms with Crippen molar-refractivity contribution in [2.45, 2.75) is 60.4 Å². The summed E-state index contributed by atoms with van der Waals surface area (Å²) in [6.07, 6.45) is 3.15. The predicted octanol–water partition coefficient (Wildman–Crippen LogP) is 2.22. The molecule has 0 radical (unpaired) electrons. The lowest BCUT2D eigenvalue weighted by molar-refractivity contribution is -0.142. The third-order valence-corrected chi connectivity index (χ3v) is 3.82. The Morgan fingerprint density at radius 2 is 2.10 bits per heavy atom. The van der Waals surface area contributed by atoms with Gasteiger partial charge >= 0.3 is 5.97 Å². The number of esters is 1. The molecule has 2 N–H and O–H groups in total. The summed E-state index contributed by atoms with van der Waals surface area (Å²) in [4.78, 5) is 13.9. The fourth-order valence-electron chi connectivity index (χ4n) is 2.43. The molecule has 1 fully saturated rings. The topological polar surface area (TPSA) is 53.6 Å². The van der Waals surface area contributed by atoms with Crippen LogP contribution >= 0.6 is 0 Å². The average molecular weight is 303 g/mol.